The molecule has 1 saturated heterocycles. The molecule has 7 nitrogen and oxygen atoms in total. The number of furan rings is 1. The highest BCUT2D eigenvalue weighted by atomic mass is 32.2. The summed E-state index contributed by atoms with van der Waals surface area (Å²) in [7, 11) is -3.25. The molecule has 0 saturated carbocycles. The molecule has 8 heteroatoms. The number of rotatable bonds is 5. The molecule has 2 heterocycles. The van der Waals surface area contributed by atoms with Crippen molar-refractivity contribution in [1.29, 1.82) is 0 Å². The van der Waals surface area contributed by atoms with E-state index in [9.17, 15) is 13.2 Å². The lowest BCUT2D eigenvalue weighted by Crippen LogP contribution is -2.37. The zero-order valence-corrected chi connectivity index (χ0v) is 15.4. The lowest BCUT2D eigenvalue weighted by atomic mass is 10.2. The molecule has 1 amide bonds. The summed E-state index contributed by atoms with van der Waals surface area (Å²) in [6.45, 7) is 1.77. The van der Waals surface area contributed by atoms with Crippen molar-refractivity contribution in [3.63, 3.8) is 0 Å². The maximum atomic E-state index is 12.8. The first-order valence-corrected chi connectivity index (χ1v) is 10.3. The fraction of sp³-hybridized carbons (Fsp3) is 0.389. The Morgan fingerprint density at radius 3 is 2.62 bits per heavy atom. The Bertz CT molecular complexity index is 847. The molecule has 1 aromatic carbocycles. The van der Waals surface area contributed by atoms with E-state index in [0.29, 0.717) is 43.9 Å². The molecule has 1 fully saturated rings. The van der Waals surface area contributed by atoms with Crippen LogP contribution < -0.4 is 4.74 Å². The van der Waals surface area contributed by atoms with Crippen LogP contribution in [-0.4, -0.2) is 56.0 Å². The third kappa shape index (κ3) is 4.44. The molecular formula is C18H22N2O5S. The number of amides is 1. The van der Waals surface area contributed by atoms with Crippen molar-refractivity contribution in [2.45, 2.75) is 13.0 Å². The second-order valence-electron chi connectivity index (χ2n) is 6.18. The summed E-state index contributed by atoms with van der Waals surface area (Å²) >= 11 is 0. The zero-order chi connectivity index (χ0) is 18.6. The van der Waals surface area contributed by atoms with Gasteiger partial charge in [-0.25, -0.2) is 12.7 Å². The molecule has 1 aromatic heterocycles. The van der Waals surface area contributed by atoms with E-state index in [1.807, 2.05) is 30.3 Å². The molecular weight excluding hydrogens is 356 g/mol. The highest BCUT2D eigenvalue weighted by Gasteiger charge is 2.27. The highest BCUT2D eigenvalue weighted by molar-refractivity contribution is 7.88. The standard InChI is InChI=1S/C18H22N2O5S/c1-26(22,23)20-10-5-9-19(11-12-20)18(21)17-15(8-13-24-17)14-25-16-6-3-2-4-7-16/h2-4,6-8,13H,5,9-12,14H2,1H3. The topological polar surface area (TPSA) is 80.1 Å². The lowest BCUT2D eigenvalue weighted by Gasteiger charge is -2.20. The maximum Gasteiger partial charge on any atom is 0.290 e. The van der Waals surface area contributed by atoms with Crippen LogP contribution in [0.2, 0.25) is 0 Å². The molecule has 0 atom stereocenters. The average molecular weight is 378 g/mol. The average Bonchev–Trinajstić information content (AvgIpc) is 2.93. The molecule has 1 aliphatic rings. The number of hydrogen-bond donors (Lipinski definition) is 0. The summed E-state index contributed by atoms with van der Waals surface area (Å²) in [5.74, 6) is 0.719. The quantitative estimate of drug-likeness (QED) is 0.795. The van der Waals surface area contributed by atoms with Crippen LogP contribution in [0.1, 0.15) is 22.5 Å². The summed E-state index contributed by atoms with van der Waals surface area (Å²) in [5, 5.41) is 0. The monoisotopic (exact) mass is 378 g/mol. The number of benzene rings is 1. The minimum absolute atomic E-state index is 0.227. The predicted molar refractivity (Wildman–Crippen MR) is 96.4 cm³/mol. The van der Waals surface area contributed by atoms with Gasteiger partial charge in [-0.3, -0.25) is 4.79 Å². The Balaban J connectivity index is 1.66. The summed E-state index contributed by atoms with van der Waals surface area (Å²) < 4.78 is 35.9. The van der Waals surface area contributed by atoms with Crippen molar-refractivity contribution in [3.05, 3.63) is 54.0 Å². The van der Waals surface area contributed by atoms with Gasteiger partial charge in [0.25, 0.3) is 5.91 Å². The van der Waals surface area contributed by atoms with E-state index in [-0.39, 0.29) is 18.3 Å². The SMILES string of the molecule is CS(=O)(=O)N1CCCN(C(=O)c2occc2COc2ccccc2)CC1. The number of nitrogens with zero attached hydrogens (tertiary/aromatic N) is 2. The lowest BCUT2D eigenvalue weighted by molar-refractivity contribution is 0.0728. The Labute approximate surface area is 153 Å². The van der Waals surface area contributed by atoms with Gasteiger partial charge in [-0.15, -0.1) is 0 Å². The van der Waals surface area contributed by atoms with Crippen molar-refractivity contribution in [2.24, 2.45) is 0 Å². The van der Waals surface area contributed by atoms with Gasteiger partial charge in [0, 0.05) is 31.7 Å². The minimum atomic E-state index is -3.25. The molecule has 26 heavy (non-hydrogen) atoms. The molecule has 140 valence electrons. The van der Waals surface area contributed by atoms with E-state index < -0.39 is 10.0 Å². The Morgan fingerprint density at radius 1 is 1.12 bits per heavy atom. The molecule has 0 unspecified atom stereocenters. The van der Waals surface area contributed by atoms with Gasteiger partial charge in [-0.2, -0.15) is 0 Å². The van der Waals surface area contributed by atoms with Gasteiger partial charge in [0.05, 0.1) is 12.5 Å². The first kappa shape index (κ1) is 18.5. The molecule has 3 rings (SSSR count). The summed E-state index contributed by atoms with van der Waals surface area (Å²) in [6, 6.07) is 11.1. The molecule has 0 bridgehead atoms. The smallest absolute Gasteiger partial charge is 0.290 e. The number of carbonyl (C=O) groups excluding carboxylic acids is 1. The zero-order valence-electron chi connectivity index (χ0n) is 14.6. The van der Waals surface area contributed by atoms with Crippen LogP contribution in [0.3, 0.4) is 0 Å². The second-order valence-corrected chi connectivity index (χ2v) is 8.17. The van der Waals surface area contributed by atoms with Crippen molar-refractivity contribution < 1.29 is 22.4 Å². The van der Waals surface area contributed by atoms with Gasteiger partial charge in [0.1, 0.15) is 12.4 Å². The van der Waals surface area contributed by atoms with Gasteiger partial charge >= 0.3 is 0 Å². The predicted octanol–water partition coefficient (Wildman–Crippen LogP) is 1.97. The maximum absolute atomic E-state index is 12.8. The van der Waals surface area contributed by atoms with Crippen LogP contribution in [0.15, 0.2) is 47.1 Å². The summed E-state index contributed by atoms with van der Waals surface area (Å²) in [6.07, 6.45) is 3.25. The first-order chi connectivity index (χ1) is 12.4. The van der Waals surface area contributed by atoms with Crippen LogP contribution >= 0.6 is 0 Å². The van der Waals surface area contributed by atoms with Gasteiger partial charge < -0.3 is 14.1 Å². The van der Waals surface area contributed by atoms with Crippen molar-refractivity contribution in [1.82, 2.24) is 9.21 Å². The highest BCUT2D eigenvalue weighted by Crippen LogP contribution is 2.18. The number of carbonyl (C=O) groups is 1. The van der Waals surface area contributed by atoms with Crippen molar-refractivity contribution in [3.8, 4) is 5.75 Å². The van der Waals surface area contributed by atoms with Crippen LogP contribution in [0.5, 0.6) is 5.75 Å². The van der Waals surface area contributed by atoms with Crippen molar-refractivity contribution >= 4 is 15.9 Å². The second kappa shape index (κ2) is 7.92. The van der Waals surface area contributed by atoms with Gasteiger partial charge in [0.15, 0.2) is 5.76 Å². The van der Waals surface area contributed by atoms with Gasteiger partial charge in [-0.05, 0) is 24.6 Å². The Hall–Kier alpha value is -2.32. The third-order valence-corrected chi connectivity index (χ3v) is 5.59. The minimum Gasteiger partial charge on any atom is -0.489 e. The van der Waals surface area contributed by atoms with Crippen LogP contribution in [-0.2, 0) is 16.6 Å². The van der Waals surface area contributed by atoms with Crippen LogP contribution in [0.25, 0.3) is 0 Å². The van der Waals surface area contributed by atoms with Crippen molar-refractivity contribution in [2.75, 3.05) is 32.4 Å². The van der Waals surface area contributed by atoms with E-state index in [2.05, 4.69) is 0 Å². The largest absolute Gasteiger partial charge is 0.489 e. The molecule has 0 aliphatic carbocycles. The fourth-order valence-electron chi connectivity index (χ4n) is 2.89. The number of ether oxygens (including phenoxy) is 1. The number of sulfonamides is 1. The summed E-state index contributed by atoms with van der Waals surface area (Å²) in [4.78, 5) is 14.4. The number of hydrogen-bond acceptors (Lipinski definition) is 5. The van der Waals surface area contributed by atoms with E-state index in [1.54, 1.807) is 11.0 Å². The fourth-order valence-corrected chi connectivity index (χ4v) is 3.76. The van der Waals surface area contributed by atoms with Crippen LogP contribution in [0.4, 0.5) is 0 Å². The molecule has 0 spiro atoms. The first-order valence-electron chi connectivity index (χ1n) is 8.44. The Kier molecular flexibility index (Phi) is 5.63. The molecule has 0 radical (unpaired) electrons. The summed E-state index contributed by atoms with van der Waals surface area (Å²) in [5.41, 5.74) is 0.670. The van der Waals surface area contributed by atoms with E-state index in [1.165, 1.54) is 16.8 Å². The Morgan fingerprint density at radius 2 is 1.88 bits per heavy atom. The molecule has 0 N–H and O–H groups in total. The normalized spacial score (nSPS) is 16.3. The third-order valence-electron chi connectivity index (χ3n) is 4.29. The molecule has 1 aliphatic heterocycles. The number of para-hydroxylation sites is 1. The van der Waals surface area contributed by atoms with Crippen LogP contribution in [0, 0.1) is 0 Å². The van der Waals surface area contributed by atoms with Gasteiger partial charge in [0.2, 0.25) is 10.0 Å². The van der Waals surface area contributed by atoms with E-state index >= 15 is 0 Å². The van der Waals surface area contributed by atoms with Gasteiger partial charge in [-0.1, -0.05) is 18.2 Å². The van der Waals surface area contributed by atoms with E-state index in [0.717, 1.165) is 0 Å². The molecule has 2 aromatic rings. The van der Waals surface area contributed by atoms with E-state index in [4.69, 9.17) is 9.15 Å².